The van der Waals surface area contributed by atoms with Crippen molar-refractivity contribution in [2.45, 2.75) is 37.6 Å². The second-order valence-electron chi connectivity index (χ2n) is 7.71. The van der Waals surface area contributed by atoms with Gasteiger partial charge in [0.05, 0.1) is 16.3 Å². The SMILES string of the molecule is O=C(Nc1ccc(Cl)c(C(=O)NC2CC2)c1)c1nc(C2CC2)n(-c2ccccc2)n1. The van der Waals surface area contributed by atoms with E-state index in [1.165, 1.54) is 0 Å². The number of hydrogen-bond acceptors (Lipinski definition) is 4. The molecule has 1 heterocycles. The highest BCUT2D eigenvalue weighted by Crippen LogP contribution is 2.39. The summed E-state index contributed by atoms with van der Waals surface area (Å²) in [5, 5.41) is 10.5. The monoisotopic (exact) mass is 421 g/mol. The maximum absolute atomic E-state index is 12.8. The van der Waals surface area contributed by atoms with Crippen LogP contribution in [0.15, 0.2) is 48.5 Å². The molecule has 0 bridgehead atoms. The van der Waals surface area contributed by atoms with Gasteiger partial charge in [-0.2, -0.15) is 0 Å². The minimum Gasteiger partial charge on any atom is -0.349 e. The molecule has 0 spiro atoms. The molecule has 2 aliphatic rings. The van der Waals surface area contributed by atoms with Crippen molar-refractivity contribution in [3.63, 3.8) is 0 Å². The fraction of sp³-hybridized carbons (Fsp3) is 0.273. The Morgan fingerprint density at radius 1 is 1.00 bits per heavy atom. The lowest BCUT2D eigenvalue weighted by Crippen LogP contribution is -2.25. The topological polar surface area (TPSA) is 88.9 Å². The lowest BCUT2D eigenvalue weighted by Gasteiger charge is -2.08. The summed E-state index contributed by atoms with van der Waals surface area (Å²) in [6, 6.07) is 14.7. The summed E-state index contributed by atoms with van der Waals surface area (Å²) in [4.78, 5) is 29.7. The van der Waals surface area contributed by atoms with Crippen LogP contribution in [0.1, 0.15) is 58.4 Å². The molecule has 2 aromatic carbocycles. The van der Waals surface area contributed by atoms with Crippen LogP contribution in [-0.4, -0.2) is 32.6 Å². The first kappa shape index (κ1) is 18.8. The molecule has 2 amide bonds. The molecule has 8 heteroatoms. The number of carbonyl (C=O) groups is 2. The molecule has 0 saturated heterocycles. The van der Waals surface area contributed by atoms with Crippen molar-refractivity contribution in [1.29, 1.82) is 0 Å². The van der Waals surface area contributed by atoms with Crippen LogP contribution in [0.5, 0.6) is 0 Å². The van der Waals surface area contributed by atoms with Gasteiger partial charge in [0.2, 0.25) is 5.82 Å². The van der Waals surface area contributed by atoms with Crippen LogP contribution in [0.2, 0.25) is 5.02 Å². The average molecular weight is 422 g/mol. The van der Waals surface area contributed by atoms with Gasteiger partial charge in [-0.15, -0.1) is 5.10 Å². The van der Waals surface area contributed by atoms with Crippen LogP contribution in [0.3, 0.4) is 0 Å². The van der Waals surface area contributed by atoms with Crippen LogP contribution < -0.4 is 10.6 Å². The molecule has 0 atom stereocenters. The van der Waals surface area contributed by atoms with E-state index in [1.54, 1.807) is 22.9 Å². The summed E-state index contributed by atoms with van der Waals surface area (Å²) in [7, 11) is 0. The Labute approximate surface area is 178 Å². The summed E-state index contributed by atoms with van der Waals surface area (Å²) < 4.78 is 1.74. The molecule has 0 unspecified atom stereocenters. The highest BCUT2D eigenvalue weighted by Gasteiger charge is 2.31. The third-order valence-corrected chi connectivity index (χ3v) is 5.49. The first-order chi connectivity index (χ1) is 14.6. The number of halogens is 1. The van der Waals surface area contributed by atoms with E-state index in [0.29, 0.717) is 22.2 Å². The number of nitrogens with one attached hydrogen (secondary N) is 2. The zero-order chi connectivity index (χ0) is 20.7. The molecule has 2 aliphatic carbocycles. The van der Waals surface area contributed by atoms with Gasteiger partial charge in [-0.05, 0) is 56.0 Å². The van der Waals surface area contributed by atoms with Crippen molar-refractivity contribution in [3.8, 4) is 5.69 Å². The van der Waals surface area contributed by atoms with Crippen LogP contribution in [0.4, 0.5) is 5.69 Å². The van der Waals surface area contributed by atoms with E-state index in [1.807, 2.05) is 30.3 Å². The normalized spacial score (nSPS) is 15.6. The number of benzene rings is 2. The summed E-state index contributed by atoms with van der Waals surface area (Å²) in [6.45, 7) is 0. The Bertz CT molecular complexity index is 1120. The van der Waals surface area contributed by atoms with E-state index >= 15 is 0 Å². The fourth-order valence-electron chi connectivity index (χ4n) is 3.24. The van der Waals surface area contributed by atoms with Gasteiger partial charge in [-0.1, -0.05) is 29.8 Å². The van der Waals surface area contributed by atoms with E-state index < -0.39 is 5.91 Å². The predicted octanol–water partition coefficient (Wildman–Crippen LogP) is 3.94. The smallest absolute Gasteiger partial charge is 0.295 e. The highest BCUT2D eigenvalue weighted by molar-refractivity contribution is 6.34. The van der Waals surface area contributed by atoms with Crippen molar-refractivity contribution < 1.29 is 9.59 Å². The van der Waals surface area contributed by atoms with Gasteiger partial charge in [0, 0.05) is 17.6 Å². The number of rotatable bonds is 6. The molecule has 152 valence electrons. The number of amides is 2. The predicted molar refractivity (Wildman–Crippen MR) is 113 cm³/mol. The highest BCUT2D eigenvalue weighted by atomic mass is 35.5. The summed E-state index contributed by atoms with van der Waals surface area (Å²) >= 11 is 6.18. The van der Waals surface area contributed by atoms with Crippen molar-refractivity contribution in [2.75, 3.05) is 5.32 Å². The third-order valence-electron chi connectivity index (χ3n) is 5.16. The Kier molecular flexibility index (Phi) is 4.75. The van der Waals surface area contributed by atoms with Crippen molar-refractivity contribution in [2.24, 2.45) is 0 Å². The van der Waals surface area contributed by atoms with Gasteiger partial charge in [-0.3, -0.25) is 9.59 Å². The van der Waals surface area contributed by atoms with Crippen LogP contribution >= 0.6 is 11.6 Å². The van der Waals surface area contributed by atoms with E-state index in [-0.39, 0.29) is 17.8 Å². The maximum atomic E-state index is 12.8. The molecule has 3 aromatic rings. The first-order valence-corrected chi connectivity index (χ1v) is 10.4. The Morgan fingerprint density at radius 2 is 1.77 bits per heavy atom. The molecule has 7 nitrogen and oxygen atoms in total. The summed E-state index contributed by atoms with van der Waals surface area (Å²) in [5.41, 5.74) is 1.67. The quantitative estimate of drug-likeness (QED) is 0.630. The zero-order valence-electron chi connectivity index (χ0n) is 16.1. The molecule has 2 N–H and O–H groups in total. The van der Waals surface area contributed by atoms with E-state index in [0.717, 1.165) is 37.2 Å². The number of nitrogens with zero attached hydrogens (tertiary/aromatic N) is 3. The number of anilines is 1. The number of aromatic nitrogens is 3. The largest absolute Gasteiger partial charge is 0.349 e. The number of carbonyl (C=O) groups excluding carboxylic acids is 2. The van der Waals surface area contributed by atoms with Crippen LogP contribution in [0.25, 0.3) is 5.69 Å². The van der Waals surface area contributed by atoms with E-state index in [2.05, 4.69) is 20.7 Å². The van der Waals surface area contributed by atoms with Gasteiger partial charge in [0.15, 0.2) is 0 Å². The van der Waals surface area contributed by atoms with Crippen molar-refractivity contribution in [1.82, 2.24) is 20.1 Å². The molecular formula is C22H20ClN5O2. The second-order valence-corrected chi connectivity index (χ2v) is 8.12. The zero-order valence-corrected chi connectivity index (χ0v) is 16.9. The van der Waals surface area contributed by atoms with Crippen LogP contribution in [-0.2, 0) is 0 Å². The Morgan fingerprint density at radius 3 is 2.47 bits per heavy atom. The third kappa shape index (κ3) is 3.93. The standard InChI is InChI=1S/C22H20ClN5O2/c23-18-11-10-15(12-17(18)21(29)24-14-8-9-14)25-22(30)19-26-20(13-6-7-13)28(27-19)16-4-2-1-3-5-16/h1-5,10-14H,6-9H2,(H,24,29)(H,25,30). The van der Waals surface area contributed by atoms with Crippen molar-refractivity contribution >= 4 is 29.1 Å². The molecule has 1 aromatic heterocycles. The van der Waals surface area contributed by atoms with E-state index in [9.17, 15) is 9.59 Å². The maximum Gasteiger partial charge on any atom is 0.295 e. The lowest BCUT2D eigenvalue weighted by molar-refractivity contribution is 0.0949. The Hall–Kier alpha value is -3.19. The molecular weight excluding hydrogens is 402 g/mol. The number of para-hydroxylation sites is 1. The van der Waals surface area contributed by atoms with E-state index in [4.69, 9.17) is 11.6 Å². The molecule has 30 heavy (non-hydrogen) atoms. The lowest BCUT2D eigenvalue weighted by atomic mass is 10.2. The Balaban J connectivity index is 1.38. The molecule has 0 radical (unpaired) electrons. The molecule has 5 rings (SSSR count). The van der Waals surface area contributed by atoms with Gasteiger partial charge in [-0.25, -0.2) is 9.67 Å². The van der Waals surface area contributed by atoms with Gasteiger partial charge in [0.25, 0.3) is 11.8 Å². The summed E-state index contributed by atoms with van der Waals surface area (Å²) in [6.07, 6.45) is 4.06. The minimum absolute atomic E-state index is 0.0969. The van der Waals surface area contributed by atoms with Crippen molar-refractivity contribution in [3.05, 3.63) is 70.8 Å². The minimum atomic E-state index is -0.428. The van der Waals surface area contributed by atoms with Gasteiger partial charge >= 0.3 is 0 Å². The van der Waals surface area contributed by atoms with Gasteiger partial charge in [0.1, 0.15) is 5.82 Å². The summed E-state index contributed by atoms with van der Waals surface area (Å²) in [5.74, 6) is 0.558. The molecule has 2 saturated carbocycles. The first-order valence-electron chi connectivity index (χ1n) is 10.0. The number of hydrogen-bond donors (Lipinski definition) is 2. The molecule has 2 fully saturated rings. The average Bonchev–Trinajstić information content (AvgIpc) is 3.69. The second kappa shape index (κ2) is 7.57. The molecule has 0 aliphatic heterocycles. The van der Waals surface area contributed by atoms with Crippen LogP contribution in [0, 0.1) is 0 Å². The fourth-order valence-corrected chi connectivity index (χ4v) is 3.44. The van der Waals surface area contributed by atoms with Gasteiger partial charge < -0.3 is 10.6 Å².